The zero-order valence-electron chi connectivity index (χ0n) is 13.9. The Labute approximate surface area is 133 Å². The van der Waals surface area contributed by atoms with Crippen LogP contribution < -0.4 is 0 Å². The molecule has 0 heterocycles. The summed E-state index contributed by atoms with van der Waals surface area (Å²) < 4.78 is 42.7. The number of ether oxygens (including phenoxy) is 2. The minimum absolute atomic E-state index is 0.0130. The summed E-state index contributed by atoms with van der Waals surface area (Å²) in [6.07, 6.45) is 1.89. The molecular formula is C15H28O6S. The van der Waals surface area contributed by atoms with Crippen LogP contribution in [0.2, 0.25) is 0 Å². The molecule has 0 aromatic rings. The van der Waals surface area contributed by atoms with E-state index in [2.05, 4.69) is 6.58 Å². The first kappa shape index (κ1) is 21.1. The molecule has 130 valence electrons. The fourth-order valence-electron chi connectivity index (χ4n) is 2.61. The van der Waals surface area contributed by atoms with Crippen molar-refractivity contribution in [1.82, 2.24) is 0 Å². The molecule has 0 saturated carbocycles. The molecule has 22 heavy (non-hydrogen) atoms. The Balaban J connectivity index is 4.93. The maximum Gasteiger partial charge on any atom is 0.333 e. The molecule has 0 radical (unpaired) electrons. The number of esters is 1. The lowest BCUT2D eigenvalue weighted by Gasteiger charge is -2.38. The average Bonchev–Trinajstić information content (AvgIpc) is 2.42. The minimum Gasteiger partial charge on any atom is -0.460 e. The molecule has 0 rings (SSSR count). The first-order valence-corrected chi connectivity index (χ1v) is 9.14. The highest BCUT2D eigenvalue weighted by atomic mass is 32.2. The van der Waals surface area contributed by atoms with Crippen molar-refractivity contribution in [1.29, 1.82) is 0 Å². The van der Waals surface area contributed by atoms with Gasteiger partial charge < -0.3 is 9.47 Å². The van der Waals surface area contributed by atoms with Gasteiger partial charge in [0.1, 0.15) is 12.4 Å². The highest BCUT2D eigenvalue weighted by molar-refractivity contribution is 7.85. The SMILES string of the molecule is C=C(C)C(=O)OCCOC(CC)(CS(=O)(=O)O)C(CC)CC. The average molecular weight is 336 g/mol. The van der Waals surface area contributed by atoms with Crippen LogP contribution in [0.4, 0.5) is 0 Å². The molecule has 0 aromatic heterocycles. The molecule has 0 spiro atoms. The third-order valence-corrected chi connectivity index (χ3v) is 4.66. The van der Waals surface area contributed by atoms with Crippen LogP contribution in [-0.2, 0) is 24.4 Å². The smallest absolute Gasteiger partial charge is 0.333 e. The van der Waals surface area contributed by atoms with E-state index in [0.29, 0.717) is 12.0 Å². The van der Waals surface area contributed by atoms with E-state index in [1.54, 1.807) is 6.92 Å². The predicted octanol–water partition coefficient (Wildman–Crippen LogP) is 2.60. The third-order valence-electron chi connectivity index (χ3n) is 3.81. The first-order valence-electron chi connectivity index (χ1n) is 7.53. The van der Waals surface area contributed by atoms with Crippen molar-refractivity contribution in [3.8, 4) is 0 Å². The van der Waals surface area contributed by atoms with E-state index >= 15 is 0 Å². The first-order chi connectivity index (χ1) is 10.1. The fourth-order valence-corrected chi connectivity index (χ4v) is 3.75. The maximum absolute atomic E-state index is 11.4. The fraction of sp³-hybridized carbons (Fsp3) is 0.800. The van der Waals surface area contributed by atoms with E-state index in [4.69, 9.17) is 9.47 Å². The van der Waals surface area contributed by atoms with Gasteiger partial charge >= 0.3 is 5.97 Å². The summed E-state index contributed by atoms with van der Waals surface area (Å²) in [5.41, 5.74) is -0.688. The van der Waals surface area contributed by atoms with E-state index in [1.807, 2.05) is 20.8 Å². The third kappa shape index (κ3) is 6.89. The van der Waals surface area contributed by atoms with Crippen molar-refractivity contribution in [2.45, 2.75) is 52.6 Å². The van der Waals surface area contributed by atoms with Crippen molar-refractivity contribution in [3.63, 3.8) is 0 Å². The lowest BCUT2D eigenvalue weighted by atomic mass is 9.82. The van der Waals surface area contributed by atoms with Crippen LogP contribution >= 0.6 is 0 Å². The van der Waals surface area contributed by atoms with Crippen LogP contribution in [0.5, 0.6) is 0 Å². The van der Waals surface area contributed by atoms with Gasteiger partial charge in [0.2, 0.25) is 0 Å². The second kappa shape index (κ2) is 9.27. The van der Waals surface area contributed by atoms with Crippen LogP contribution in [0.25, 0.3) is 0 Å². The van der Waals surface area contributed by atoms with Gasteiger partial charge in [-0.3, -0.25) is 4.55 Å². The van der Waals surface area contributed by atoms with Gasteiger partial charge in [0.15, 0.2) is 0 Å². The van der Waals surface area contributed by atoms with Gasteiger partial charge in [-0.1, -0.05) is 40.2 Å². The predicted molar refractivity (Wildman–Crippen MR) is 85.2 cm³/mol. The second-order valence-electron chi connectivity index (χ2n) is 5.42. The highest BCUT2D eigenvalue weighted by Crippen LogP contribution is 2.32. The van der Waals surface area contributed by atoms with E-state index in [1.165, 1.54) is 0 Å². The van der Waals surface area contributed by atoms with Crippen molar-refractivity contribution in [2.75, 3.05) is 19.0 Å². The largest absolute Gasteiger partial charge is 0.460 e. The molecule has 0 bridgehead atoms. The van der Waals surface area contributed by atoms with Crippen molar-refractivity contribution in [3.05, 3.63) is 12.2 Å². The molecule has 0 amide bonds. The van der Waals surface area contributed by atoms with Crippen LogP contribution in [0.1, 0.15) is 47.0 Å². The van der Waals surface area contributed by atoms with E-state index in [9.17, 15) is 17.8 Å². The Morgan fingerprint density at radius 3 is 2.14 bits per heavy atom. The van der Waals surface area contributed by atoms with Crippen molar-refractivity contribution in [2.24, 2.45) is 5.92 Å². The lowest BCUT2D eigenvalue weighted by molar-refractivity contribution is -0.144. The molecule has 0 aliphatic rings. The summed E-state index contributed by atoms with van der Waals surface area (Å²) in [6, 6.07) is 0. The molecule has 0 fully saturated rings. The monoisotopic (exact) mass is 336 g/mol. The Kier molecular flexibility index (Phi) is 8.88. The maximum atomic E-state index is 11.4. The molecule has 1 atom stereocenters. The van der Waals surface area contributed by atoms with E-state index in [0.717, 1.165) is 12.8 Å². The normalized spacial score (nSPS) is 14.6. The number of rotatable bonds is 11. The van der Waals surface area contributed by atoms with Crippen LogP contribution in [0.3, 0.4) is 0 Å². The van der Waals surface area contributed by atoms with Gasteiger partial charge in [0, 0.05) is 5.57 Å². The Morgan fingerprint density at radius 2 is 1.77 bits per heavy atom. The Morgan fingerprint density at radius 1 is 1.23 bits per heavy atom. The Hall–Kier alpha value is -0.920. The van der Waals surface area contributed by atoms with Crippen LogP contribution in [0.15, 0.2) is 12.2 Å². The molecule has 1 unspecified atom stereocenters. The van der Waals surface area contributed by atoms with Crippen LogP contribution in [0, 0.1) is 5.92 Å². The molecule has 0 aliphatic heterocycles. The summed E-state index contributed by atoms with van der Waals surface area (Å²) in [5.74, 6) is -0.989. The number of hydrogen-bond donors (Lipinski definition) is 1. The van der Waals surface area contributed by atoms with E-state index in [-0.39, 0.29) is 19.1 Å². The summed E-state index contributed by atoms with van der Waals surface area (Å²) in [6.45, 7) is 10.8. The minimum atomic E-state index is -4.17. The lowest BCUT2D eigenvalue weighted by Crippen LogP contribution is -2.47. The van der Waals surface area contributed by atoms with Gasteiger partial charge in [-0.25, -0.2) is 4.79 Å². The molecule has 0 saturated heterocycles. The van der Waals surface area contributed by atoms with Gasteiger partial charge in [0.25, 0.3) is 10.1 Å². The van der Waals surface area contributed by atoms with Gasteiger partial charge in [0.05, 0.1) is 12.2 Å². The summed E-state index contributed by atoms with van der Waals surface area (Å²) in [5, 5.41) is 0. The number of carbonyl (C=O) groups is 1. The summed E-state index contributed by atoms with van der Waals surface area (Å²) in [4.78, 5) is 11.3. The number of carbonyl (C=O) groups excluding carboxylic acids is 1. The topological polar surface area (TPSA) is 89.9 Å². The molecular weight excluding hydrogens is 308 g/mol. The Bertz CT molecular complexity index is 466. The molecule has 1 N–H and O–H groups in total. The summed E-state index contributed by atoms with van der Waals surface area (Å²) in [7, 11) is -4.17. The van der Waals surface area contributed by atoms with Crippen molar-refractivity contribution < 1.29 is 27.2 Å². The van der Waals surface area contributed by atoms with Gasteiger partial charge in [-0.2, -0.15) is 8.42 Å². The molecule has 0 aliphatic carbocycles. The standard InChI is InChI=1S/C15H28O6S/c1-6-13(7-2)15(8-3,11-22(17,18)19)21-10-9-20-14(16)12(4)5/h13H,4,6-11H2,1-3,5H3,(H,17,18,19). The summed E-state index contributed by atoms with van der Waals surface area (Å²) >= 11 is 0. The molecule has 7 heteroatoms. The highest BCUT2D eigenvalue weighted by Gasteiger charge is 2.40. The van der Waals surface area contributed by atoms with Crippen LogP contribution in [-0.4, -0.2) is 43.5 Å². The van der Waals surface area contributed by atoms with Gasteiger partial charge in [-0.05, 0) is 19.3 Å². The molecule has 0 aromatic carbocycles. The molecule has 6 nitrogen and oxygen atoms in total. The van der Waals surface area contributed by atoms with E-state index < -0.39 is 27.4 Å². The van der Waals surface area contributed by atoms with Crippen molar-refractivity contribution >= 4 is 16.1 Å². The second-order valence-corrected chi connectivity index (χ2v) is 6.88. The zero-order valence-corrected chi connectivity index (χ0v) is 14.7. The quantitative estimate of drug-likeness (QED) is 0.270. The zero-order chi connectivity index (χ0) is 17.4. The number of hydrogen-bond acceptors (Lipinski definition) is 5. The van der Waals surface area contributed by atoms with Gasteiger partial charge in [-0.15, -0.1) is 0 Å².